The maximum Gasteiger partial charge on any atom is 0.323 e. The first-order valence-corrected chi connectivity index (χ1v) is 6.81. The van der Waals surface area contributed by atoms with Crippen molar-refractivity contribution in [3.05, 3.63) is 0 Å². The standard InChI is InChI=1S/C13H24N2O2/c1-2-10-4-7-15(8-5-10)11-3-6-13(14,9-11)12(16)17/h10-11H,2-9,14H2,1H3,(H,16,17). The van der Waals surface area contributed by atoms with Crippen molar-refractivity contribution < 1.29 is 9.90 Å². The summed E-state index contributed by atoms with van der Waals surface area (Å²) in [5.74, 6) is 0.0400. The van der Waals surface area contributed by atoms with E-state index in [0.717, 1.165) is 25.4 Å². The first-order valence-electron chi connectivity index (χ1n) is 6.81. The normalized spacial score (nSPS) is 36.2. The van der Waals surface area contributed by atoms with Crippen LogP contribution in [0.25, 0.3) is 0 Å². The molecule has 17 heavy (non-hydrogen) atoms. The maximum absolute atomic E-state index is 11.1. The smallest absolute Gasteiger partial charge is 0.323 e. The van der Waals surface area contributed by atoms with Gasteiger partial charge < -0.3 is 15.7 Å². The van der Waals surface area contributed by atoms with E-state index in [9.17, 15) is 4.79 Å². The summed E-state index contributed by atoms with van der Waals surface area (Å²) in [5, 5.41) is 9.13. The van der Waals surface area contributed by atoms with Crippen LogP contribution >= 0.6 is 0 Å². The Morgan fingerprint density at radius 2 is 2.06 bits per heavy atom. The van der Waals surface area contributed by atoms with Crippen LogP contribution in [-0.4, -0.2) is 40.6 Å². The Labute approximate surface area is 103 Å². The molecule has 2 fully saturated rings. The third-order valence-electron chi connectivity index (χ3n) is 4.69. The van der Waals surface area contributed by atoms with Crippen LogP contribution in [-0.2, 0) is 4.79 Å². The number of hydrogen-bond donors (Lipinski definition) is 2. The highest BCUT2D eigenvalue weighted by atomic mass is 16.4. The molecular formula is C13H24N2O2. The van der Waals surface area contributed by atoms with Crippen molar-refractivity contribution in [2.45, 2.75) is 57.0 Å². The summed E-state index contributed by atoms with van der Waals surface area (Å²) < 4.78 is 0. The van der Waals surface area contributed by atoms with Crippen LogP contribution < -0.4 is 5.73 Å². The first kappa shape index (κ1) is 12.8. The molecule has 2 atom stereocenters. The predicted octanol–water partition coefficient (Wildman–Crippen LogP) is 1.44. The van der Waals surface area contributed by atoms with Crippen LogP contribution in [0.4, 0.5) is 0 Å². The number of piperidine rings is 1. The van der Waals surface area contributed by atoms with Gasteiger partial charge >= 0.3 is 5.97 Å². The van der Waals surface area contributed by atoms with Crippen LogP contribution in [0, 0.1) is 5.92 Å². The molecule has 98 valence electrons. The van der Waals surface area contributed by atoms with Gasteiger partial charge in [0.1, 0.15) is 5.54 Å². The van der Waals surface area contributed by atoms with Gasteiger partial charge in [0.05, 0.1) is 0 Å². The number of nitrogens with two attached hydrogens (primary N) is 1. The van der Waals surface area contributed by atoms with Crippen LogP contribution in [0.1, 0.15) is 45.4 Å². The average molecular weight is 240 g/mol. The Morgan fingerprint density at radius 1 is 1.41 bits per heavy atom. The predicted molar refractivity (Wildman–Crippen MR) is 66.8 cm³/mol. The van der Waals surface area contributed by atoms with Crippen molar-refractivity contribution >= 4 is 5.97 Å². The molecule has 1 saturated carbocycles. The summed E-state index contributed by atoms with van der Waals surface area (Å²) in [6.45, 7) is 4.50. The lowest BCUT2D eigenvalue weighted by Gasteiger charge is -2.36. The highest BCUT2D eigenvalue weighted by molar-refractivity contribution is 5.79. The molecule has 0 aromatic heterocycles. The third kappa shape index (κ3) is 2.63. The van der Waals surface area contributed by atoms with Gasteiger partial charge in [-0.2, -0.15) is 0 Å². The van der Waals surface area contributed by atoms with Gasteiger partial charge in [-0.15, -0.1) is 0 Å². The summed E-state index contributed by atoms with van der Waals surface area (Å²) in [4.78, 5) is 13.6. The van der Waals surface area contributed by atoms with Crippen molar-refractivity contribution in [2.75, 3.05) is 13.1 Å². The van der Waals surface area contributed by atoms with E-state index in [1.165, 1.54) is 19.3 Å². The van der Waals surface area contributed by atoms with Gasteiger partial charge in [0.15, 0.2) is 0 Å². The molecule has 3 N–H and O–H groups in total. The fourth-order valence-corrected chi connectivity index (χ4v) is 3.28. The number of carboxylic acid groups (broad SMARTS) is 1. The Morgan fingerprint density at radius 3 is 2.53 bits per heavy atom. The summed E-state index contributed by atoms with van der Waals surface area (Å²) in [7, 11) is 0. The van der Waals surface area contributed by atoms with Gasteiger partial charge in [-0.25, -0.2) is 0 Å². The molecule has 2 rings (SSSR count). The van der Waals surface area contributed by atoms with Gasteiger partial charge in [-0.05, 0) is 51.1 Å². The van der Waals surface area contributed by atoms with E-state index >= 15 is 0 Å². The zero-order valence-corrected chi connectivity index (χ0v) is 10.7. The van der Waals surface area contributed by atoms with Gasteiger partial charge in [-0.3, -0.25) is 4.79 Å². The SMILES string of the molecule is CCC1CCN(C2CCC(N)(C(=O)O)C2)CC1. The fourth-order valence-electron chi connectivity index (χ4n) is 3.28. The summed E-state index contributed by atoms with van der Waals surface area (Å²) in [6.07, 6.45) is 5.99. The number of carboxylic acids is 1. The number of nitrogens with zero attached hydrogens (tertiary/aromatic N) is 1. The van der Waals surface area contributed by atoms with Crippen LogP contribution in [0.3, 0.4) is 0 Å². The molecule has 4 heteroatoms. The van der Waals surface area contributed by atoms with E-state index in [4.69, 9.17) is 10.8 Å². The van der Waals surface area contributed by atoms with Crippen molar-refractivity contribution in [3.8, 4) is 0 Å². The molecule has 0 aromatic rings. The number of likely N-dealkylation sites (tertiary alicyclic amines) is 1. The van der Waals surface area contributed by atoms with E-state index in [1.807, 2.05) is 0 Å². The van der Waals surface area contributed by atoms with Crippen LogP contribution in [0.2, 0.25) is 0 Å². The zero-order valence-electron chi connectivity index (χ0n) is 10.7. The highest BCUT2D eigenvalue weighted by Gasteiger charge is 2.44. The minimum absolute atomic E-state index is 0.397. The molecule has 0 radical (unpaired) electrons. The second-order valence-corrected chi connectivity index (χ2v) is 5.75. The number of carbonyl (C=O) groups is 1. The number of hydrogen-bond acceptors (Lipinski definition) is 3. The molecule has 1 saturated heterocycles. The van der Waals surface area contributed by atoms with E-state index in [1.54, 1.807) is 0 Å². The topological polar surface area (TPSA) is 66.6 Å². The lowest BCUT2D eigenvalue weighted by atomic mass is 9.93. The molecule has 2 aliphatic rings. The van der Waals surface area contributed by atoms with Crippen LogP contribution in [0.5, 0.6) is 0 Å². The summed E-state index contributed by atoms with van der Waals surface area (Å²) in [5.41, 5.74) is 4.96. The summed E-state index contributed by atoms with van der Waals surface area (Å²) >= 11 is 0. The van der Waals surface area contributed by atoms with Crippen LogP contribution in [0.15, 0.2) is 0 Å². The van der Waals surface area contributed by atoms with Crippen molar-refractivity contribution in [1.29, 1.82) is 0 Å². The molecule has 0 amide bonds. The van der Waals surface area contributed by atoms with Gasteiger partial charge in [0.2, 0.25) is 0 Å². The van der Waals surface area contributed by atoms with Gasteiger partial charge in [-0.1, -0.05) is 13.3 Å². The van der Waals surface area contributed by atoms with Crippen molar-refractivity contribution in [2.24, 2.45) is 11.7 Å². The summed E-state index contributed by atoms with van der Waals surface area (Å²) in [6, 6.07) is 0.397. The molecule has 1 aliphatic heterocycles. The second-order valence-electron chi connectivity index (χ2n) is 5.75. The largest absolute Gasteiger partial charge is 0.480 e. The molecule has 2 unspecified atom stereocenters. The Bertz CT molecular complexity index is 287. The average Bonchev–Trinajstić information content (AvgIpc) is 2.74. The number of aliphatic carboxylic acids is 1. The van der Waals surface area contributed by atoms with Gasteiger partial charge in [0.25, 0.3) is 0 Å². The Hall–Kier alpha value is -0.610. The molecule has 4 nitrogen and oxygen atoms in total. The van der Waals surface area contributed by atoms with Crippen molar-refractivity contribution in [1.82, 2.24) is 4.90 Å². The highest BCUT2D eigenvalue weighted by Crippen LogP contribution is 2.33. The third-order valence-corrected chi connectivity index (χ3v) is 4.69. The fraction of sp³-hybridized carbons (Fsp3) is 0.923. The van der Waals surface area contributed by atoms with E-state index in [2.05, 4.69) is 11.8 Å². The molecule has 0 bridgehead atoms. The minimum atomic E-state index is -0.966. The lowest BCUT2D eigenvalue weighted by molar-refractivity contribution is -0.143. The first-order chi connectivity index (χ1) is 8.05. The molecule has 0 spiro atoms. The molecule has 0 aromatic carbocycles. The monoisotopic (exact) mass is 240 g/mol. The van der Waals surface area contributed by atoms with E-state index in [-0.39, 0.29) is 0 Å². The molecular weight excluding hydrogens is 216 g/mol. The minimum Gasteiger partial charge on any atom is -0.480 e. The molecule has 1 aliphatic carbocycles. The Kier molecular flexibility index (Phi) is 3.73. The van der Waals surface area contributed by atoms with E-state index in [0.29, 0.717) is 18.9 Å². The lowest BCUT2D eigenvalue weighted by Crippen LogP contribution is -2.48. The van der Waals surface area contributed by atoms with E-state index < -0.39 is 11.5 Å². The Balaban J connectivity index is 1.87. The second kappa shape index (κ2) is 4.94. The maximum atomic E-state index is 11.1. The zero-order chi connectivity index (χ0) is 12.5. The van der Waals surface area contributed by atoms with Gasteiger partial charge in [0, 0.05) is 6.04 Å². The van der Waals surface area contributed by atoms with Crippen molar-refractivity contribution in [3.63, 3.8) is 0 Å². The number of rotatable bonds is 3. The molecule has 1 heterocycles. The quantitative estimate of drug-likeness (QED) is 0.783.